The Hall–Kier alpha value is -1.57. The van der Waals surface area contributed by atoms with Crippen molar-refractivity contribution in [2.45, 2.75) is 19.9 Å². The molecule has 0 aromatic heterocycles. The Morgan fingerprint density at radius 3 is 2.44 bits per heavy atom. The zero-order valence-electron chi connectivity index (χ0n) is 14.0. The van der Waals surface area contributed by atoms with E-state index < -0.39 is 22.0 Å². The van der Waals surface area contributed by atoms with Crippen LogP contribution in [0.2, 0.25) is 5.02 Å². The second kappa shape index (κ2) is 7.76. The number of nitrogens with zero attached hydrogens (tertiary/aromatic N) is 1. The number of carbonyl (C=O) groups is 1. The van der Waals surface area contributed by atoms with Gasteiger partial charge in [-0.25, -0.2) is 8.42 Å². The molecule has 134 valence electrons. The molecule has 5 nitrogen and oxygen atoms in total. The van der Waals surface area contributed by atoms with Gasteiger partial charge in [-0.1, -0.05) is 29.8 Å². The minimum absolute atomic E-state index is 0.341. The van der Waals surface area contributed by atoms with E-state index in [9.17, 15) is 13.2 Å². The molecule has 0 aliphatic rings. The van der Waals surface area contributed by atoms with E-state index in [2.05, 4.69) is 21.2 Å². The van der Waals surface area contributed by atoms with E-state index in [0.717, 1.165) is 16.1 Å². The molecule has 0 radical (unpaired) electrons. The van der Waals surface area contributed by atoms with Crippen molar-refractivity contribution < 1.29 is 13.2 Å². The summed E-state index contributed by atoms with van der Waals surface area (Å²) in [5.74, 6) is -0.450. The summed E-state index contributed by atoms with van der Waals surface area (Å²) in [6.45, 7) is 3.35. The minimum atomic E-state index is -3.69. The molecule has 2 aromatic carbocycles. The van der Waals surface area contributed by atoms with Crippen molar-refractivity contribution in [3.63, 3.8) is 0 Å². The standard InChI is InChI=1S/C17H18BrClN2O3S/c1-11-8-9-13(10-15(11)19)21(25(3,23)24)12(2)17(22)20-16-7-5-4-6-14(16)18/h4-10,12H,1-3H3,(H,20,22). The van der Waals surface area contributed by atoms with Crippen LogP contribution in [0.3, 0.4) is 0 Å². The van der Waals surface area contributed by atoms with Crippen molar-refractivity contribution in [3.8, 4) is 0 Å². The van der Waals surface area contributed by atoms with Gasteiger partial charge < -0.3 is 5.32 Å². The second-order valence-corrected chi connectivity index (χ2v) is 8.76. The van der Waals surface area contributed by atoms with Gasteiger partial charge in [-0.15, -0.1) is 0 Å². The number of aryl methyl sites for hydroxylation is 1. The lowest BCUT2D eigenvalue weighted by molar-refractivity contribution is -0.116. The van der Waals surface area contributed by atoms with E-state index in [0.29, 0.717) is 20.9 Å². The van der Waals surface area contributed by atoms with Crippen LogP contribution in [0.15, 0.2) is 46.9 Å². The van der Waals surface area contributed by atoms with Gasteiger partial charge in [0.2, 0.25) is 15.9 Å². The van der Waals surface area contributed by atoms with Crippen LogP contribution in [0.5, 0.6) is 0 Å². The highest BCUT2D eigenvalue weighted by Gasteiger charge is 2.29. The van der Waals surface area contributed by atoms with Crippen LogP contribution in [0, 0.1) is 6.92 Å². The van der Waals surface area contributed by atoms with Crippen LogP contribution < -0.4 is 9.62 Å². The first-order chi connectivity index (χ1) is 11.6. The molecule has 0 fully saturated rings. The molecule has 1 atom stereocenters. The molecule has 8 heteroatoms. The number of rotatable bonds is 5. The summed E-state index contributed by atoms with van der Waals surface area (Å²) in [6, 6.07) is 11.0. The Morgan fingerprint density at radius 1 is 1.24 bits per heavy atom. The predicted octanol–water partition coefficient (Wildman–Crippen LogP) is 4.20. The lowest BCUT2D eigenvalue weighted by Crippen LogP contribution is -2.45. The molecular formula is C17H18BrClN2O3S. The number of hydrogen-bond donors (Lipinski definition) is 1. The van der Waals surface area contributed by atoms with Gasteiger partial charge in [0.05, 0.1) is 17.6 Å². The molecule has 0 bridgehead atoms. The van der Waals surface area contributed by atoms with Crippen LogP contribution in [-0.2, 0) is 14.8 Å². The van der Waals surface area contributed by atoms with Crippen LogP contribution >= 0.6 is 27.5 Å². The van der Waals surface area contributed by atoms with Gasteiger partial charge in [-0.05, 0) is 59.6 Å². The van der Waals surface area contributed by atoms with Gasteiger partial charge in [-0.2, -0.15) is 0 Å². The molecule has 1 amide bonds. The number of para-hydroxylation sites is 1. The van der Waals surface area contributed by atoms with Crippen LogP contribution in [0.4, 0.5) is 11.4 Å². The van der Waals surface area contributed by atoms with E-state index >= 15 is 0 Å². The number of halogens is 2. The van der Waals surface area contributed by atoms with Crippen LogP contribution in [0.25, 0.3) is 0 Å². The Balaban J connectivity index is 2.36. The summed E-state index contributed by atoms with van der Waals surface area (Å²) in [7, 11) is -3.69. The molecule has 1 N–H and O–H groups in total. The summed E-state index contributed by atoms with van der Waals surface area (Å²) >= 11 is 9.46. The number of sulfonamides is 1. The lowest BCUT2D eigenvalue weighted by atomic mass is 10.2. The van der Waals surface area contributed by atoms with E-state index in [1.54, 1.807) is 36.4 Å². The maximum absolute atomic E-state index is 12.6. The molecule has 0 saturated carbocycles. The molecule has 1 unspecified atom stereocenters. The fraction of sp³-hybridized carbons (Fsp3) is 0.235. The summed E-state index contributed by atoms with van der Waals surface area (Å²) in [5, 5.41) is 3.17. The van der Waals surface area contributed by atoms with Gasteiger partial charge in [0.1, 0.15) is 6.04 Å². The fourth-order valence-corrected chi connectivity index (χ4v) is 4.05. The summed E-state index contributed by atoms with van der Waals surface area (Å²) < 4.78 is 26.3. The summed E-state index contributed by atoms with van der Waals surface area (Å²) in [4.78, 5) is 12.6. The first-order valence-corrected chi connectivity index (χ1v) is 10.4. The highest BCUT2D eigenvalue weighted by Crippen LogP contribution is 2.28. The average Bonchev–Trinajstić information content (AvgIpc) is 2.51. The molecule has 25 heavy (non-hydrogen) atoms. The molecule has 2 aromatic rings. The van der Waals surface area contributed by atoms with Gasteiger partial charge >= 0.3 is 0 Å². The maximum atomic E-state index is 12.6. The fourth-order valence-electron chi connectivity index (χ4n) is 2.33. The number of nitrogens with one attached hydrogen (secondary N) is 1. The van der Waals surface area contributed by atoms with Gasteiger partial charge in [0.15, 0.2) is 0 Å². The lowest BCUT2D eigenvalue weighted by Gasteiger charge is -2.28. The smallest absolute Gasteiger partial charge is 0.248 e. The van der Waals surface area contributed by atoms with E-state index in [1.165, 1.54) is 6.92 Å². The van der Waals surface area contributed by atoms with E-state index in [-0.39, 0.29) is 0 Å². The van der Waals surface area contributed by atoms with E-state index in [1.807, 2.05) is 13.0 Å². The molecule has 0 spiro atoms. The number of amides is 1. The zero-order chi connectivity index (χ0) is 18.8. The quantitative estimate of drug-likeness (QED) is 0.750. The number of hydrogen-bond acceptors (Lipinski definition) is 3. The number of anilines is 2. The van der Waals surface area contributed by atoms with Crippen LogP contribution in [-0.4, -0.2) is 26.6 Å². The SMILES string of the molecule is Cc1ccc(N(C(C)C(=O)Nc2ccccc2Br)S(C)(=O)=O)cc1Cl. The van der Waals surface area contributed by atoms with Gasteiger partial charge in [0.25, 0.3) is 0 Å². The Morgan fingerprint density at radius 2 is 1.88 bits per heavy atom. The molecular weight excluding hydrogens is 428 g/mol. The molecule has 0 saturated heterocycles. The highest BCUT2D eigenvalue weighted by atomic mass is 79.9. The average molecular weight is 446 g/mol. The third kappa shape index (κ3) is 4.74. The molecule has 0 heterocycles. The monoisotopic (exact) mass is 444 g/mol. The zero-order valence-corrected chi connectivity index (χ0v) is 17.1. The molecule has 0 aliphatic carbocycles. The van der Waals surface area contributed by atoms with Crippen molar-refractivity contribution in [2.24, 2.45) is 0 Å². The molecule has 2 rings (SSSR count). The van der Waals surface area contributed by atoms with E-state index in [4.69, 9.17) is 11.6 Å². The third-order valence-electron chi connectivity index (χ3n) is 3.63. The first kappa shape index (κ1) is 19.8. The first-order valence-electron chi connectivity index (χ1n) is 7.42. The topological polar surface area (TPSA) is 66.5 Å². The van der Waals surface area contributed by atoms with Crippen LogP contribution in [0.1, 0.15) is 12.5 Å². The highest BCUT2D eigenvalue weighted by molar-refractivity contribution is 9.10. The normalized spacial score (nSPS) is 12.5. The second-order valence-electron chi connectivity index (χ2n) is 5.64. The minimum Gasteiger partial charge on any atom is -0.323 e. The Labute approximate surface area is 161 Å². The Bertz CT molecular complexity index is 903. The maximum Gasteiger partial charge on any atom is 0.248 e. The van der Waals surface area contributed by atoms with Crippen molar-refractivity contribution in [3.05, 3.63) is 57.5 Å². The third-order valence-corrected chi connectivity index (χ3v) is 5.97. The van der Waals surface area contributed by atoms with Crippen molar-refractivity contribution in [1.82, 2.24) is 0 Å². The van der Waals surface area contributed by atoms with Crippen molar-refractivity contribution in [1.29, 1.82) is 0 Å². The number of carbonyl (C=O) groups excluding carboxylic acids is 1. The molecule has 0 aliphatic heterocycles. The van der Waals surface area contributed by atoms with Crippen molar-refractivity contribution >= 4 is 54.8 Å². The number of benzene rings is 2. The summed E-state index contributed by atoms with van der Waals surface area (Å²) in [6.07, 6.45) is 1.06. The Kier molecular flexibility index (Phi) is 6.13. The van der Waals surface area contributed by atoms with Gasteiger partial charge in [0, 0.05) is 9.50 Å². The predicted molar refractivity (Wildman–Crippen MR) is 106 cm³/mol. The summed E-state index contributed by atoms with van der Waals surface area (Å²) in [5.41, 5.74) is 1.73. The van der Waals surface area contributed by atoms with Crippen molar-refractivity contribution in [2.75, 3.05) is 15.9 Å². The largest absolute Gasteiger partial charge is 0.323 e. The van der Waals surface area contributed by atoms with Gasteiger partial charge in [-0.3, -0.25) is 9.10 Å².